The lowest BCUT2D eigenvalue weighted by Gasteiger charge is -2.29. The van der Waals surface area contributed by atoms with Gasteiger partial charge in [0.2, 0.25) is 5.54 Å². The Kier molecular flexibility index (Phi) is 3.77. The molecule has 2 unspecified atom stereocenters. The zero-order valence-electron chi connectivity index (χ0n) is 12.4. The molecule has 1 saturated carbocycles. The van der Waals surface area contributed by atoms with Crippen LogP contribution in [0.25, 0.3) is 4.85 Å². The van der Waals surface area contributed by atoms with Crippen LogP contribution in [0.2, 0.25) is 0 Å². The number of hydrogen-bond donors (Lipinski definition) is 1. The van der Waals surface area contributed by atoms with Crippen molar-refractivity contribution in [3.8, 4) is 0 Å². The summed E-state index contributed by atoms with van der Waals surface area (Å²) in [5.74, 6) is 0.520. The predicted octanol–water partition coefficient (Wildman–Crippen LogP) is 3.34. The van der Waals surface area contributed by atoms with Crippen molar-refractivity contribution in [2.24, 2.45) is 5.92 Å². The second kappa shape index (κ2) is 4.92. The van der Waals surface area contributed by atoms with Crippen molar-refractivity contribution in [3.63, 3.8) is 0 Å². The fraction of sp³-hybridized carbons (Fsp3) is 0.812. The third kappa shape index (κ3) is 3.19. The highest BCUT2D eigenvalue weighted by atomic mass is 16.6. The van der Waals surface area contributed by atoms with Crippen LogP contribution in [-0.4, -0.2) is 28.5 Å². The molecule has 1 aliphatic carbocycles. The van der Waals surface area contributed by atoms with Gasteiger partial charge in [0, 0.05) is 19.8 Å². The van der Waals surface area contributed by atoms with Crippen molar-refractivity contribution in [2.75, 3.05) is 0 Å². The molecule has 19 heavy (non-hydrogen) atoms. The van der Waals surface area contributed by atoms with Crippen molar-refractivity contribution in [2.45, 2.75) is 76.7 Å². The molecule has 0 bridgehead atoms. The first-order valence-corrected chi connectivity index (χ1v) is 7.20. The van der Waals surface area contributed by atoms with Gasteiger partial charge in [-0.3, -0.25) is 0 Å². The minimum atomic E-state index is -0.496. The van der Waals surface area contributed by atoms with Crippen molar-refractivity contribution in [1.82, 2.24) is 0 Å². The molecule has 1 heterocycles. The highest BCUT2D eigenvalue weighted by Gasteiger charge is 2.51. The van der Waals surface area contributed by atoms with E-state index in [1.54, 1.807) is 0 Å². The van der Waals surface area contributed by atoms with Gasteiger partial charge in [-0.05, 0) is 39.5 Å². The fourth-order valence-electron chi connectivity index (χ4n) is 3.07. The van der Waals surface area contributed by atoms with Crippen molar-refractivity contribution < 1.29 is 9.84 Å². The quantitative estimate of drug-likeness (QED) is 0.482. The average molecular weight is 263 g/mol. The number of epoxide rings is 1. The van der Waals surface area contributed by atoms with Crippen LogP contribution in [0.5, 0.6) is 0 Å². The lowest BCUT2D eigenvalue weighted by Crippen LogP contribution is -2.28. The molecule has 0 radical (unpaired) electrons. The van der Waals surface area contributed by atoms with Crippen LogP contribution < -0.4 is 0 Å². The Hall–Kier alpha value is -0.850. The lowest BCUT2D eigenvalue weighted by atomic mass is 9.75. The summed E-state index contributed by atoms with van der Waals surface area (Å²) in [6.07, 6.45) is 5.46. The third-order valence-electron chi connectivity index (χ3n) is 4.78. The number of hydrogen-bond acceptors (Lipinski definition) is 2. The van der Waals surface area contributed by atoms with E-state index in [1.165, 1.54) is 5.57 Å². The Balaban J connectivity index is 1.91. The van der Waals surface area contributed by atoms with Gasteiger partial charge in [0.05, 0.1) is 5.60 Å². The Morgan fingerprint density at radius 2 is 1.89 bits per heavy atom. The molecule has 0 aromatic carbocycles. The van der Waals surface area contributed by atoms with Gasteiger partial charge < -0.3 is 14.7 Å². The summed E-state index contributed by atoms with van der Waals surface area (Å²) in [4.78, 5) is 3.75. The molecule has 0 spiro atoms. The average Bonchev–Trinajstić information content (AvgIpc) is 2.99. The summed E-state index contributed by atoms with van der Waals surface area (Å²) in [6, 6.07) is 0. The van der Waals surface area contributed by atoms with Gasteiger partial charge in [-0.1, -0.05) is 11.6 Å². The van der Waals surface area contributed by atoms with E-state index in [1.807, 2.05) is 19.9 Å². The minimum absolute atomic E-state index is 0.0560. The van der Waals surface area contributed by atoms with Crippen molar-refractivity contribution in [3.05, 3.63) is 23.1 Å². The van der Waals surface area contributed by atoms with Crippen molar-refractivity contribution in [1.29, 1.82) is 0 Å². The topological polar surface area (TPSA) is 37.1 Å². The Morgan fingerprint density at radius 1 is 1.37 bits per heavy atom. The zero-order valence-corrected chi connectivity index (χ0v) is 12.4. The molecule has 2 rings (SSSR count). The van der Waals surface area contributed by atoms with Crippen LogP contribution in [0.15, 0.2) is 11.6 Å². The number of ether oxygens (including phenoxy) is 1. The molecule has 2 aliphatic rings. The maximum Gasteiger partial charge on any atom is 0.230 e. The van der Waals surface area contributed by atoms with Gasteiger partial charge >= 0.3 is 0 Å². The molecule has 1 saturated heterocycles. The second-order valence-electron chi connectivity index (χ2n) is 6.93. The van der Waals surface area contributed by atoms with Crippen LogP contribution in [0.1, 0.15) is 53.4 Å². The summed E-state index contributed by atoms with van der Waals surface area (Å²) >= 11 is 0. The van der Waals surface area contributed by atoms with Gasteiger partial charge in [0.25, 0.3) is 0 Å². The Bertz CT molecular complexity index is 411. The molecular weight excluding hydrogens is 238 g/mol. The van der Waals surface area contributed by atoms with Gasteiger partial charge in [-0.2, -0.15) is 0 Å². The molecule has 2 atom stereocenters. The molecule has 1 N–H and O–H groups in total. The smallest absolute Gasteiger partial charge is 0.230 e. The normalized spacial score (nSPS) is 39.5. The molecule has 1 aliphatic heterocycles. The highest BCUT2D eigenvalue weighted by Crippen LogP contribution is 2.40. The van der Waals surface area contributed by atoms with Crippen molar-refractivity contribution >= 4 is 0 Å². The maximum absolute atomic E-state index is 10.1. The van der Waals surface area contributed by atoms with E-state index in [-0.39, 0.29) is 17.2 Å². The summed E-state index contributed by atoms with van der Waals surface area (Å²) in [5, 5.41) is 10.1. The first-order valence-electron chi connectivity index (χ1n) is 7.20. The minimum Gasteiger partial charge on any atom is -0.386 e. The summed E-state index contributed by atoms with van der Waals surface area (Å²) < 4.78 is 5.47. The van der Waals surface area contributed by atoms with E-state index in [0.717, 1.165) is 25.7 Å². The predicted molar refractivity (Wildman–Crippen MR) is 75.7 cm³/mol. The van der Waals surface area contributed by atoms with E-state index >= 15 is 0 Å². The van der Waals surface area contributed by atoms with E-state index in [4.69, 9.17) is 11.3 Å². The zero-order chi connectivity index (χ0) is 14.3. The maximum atomic E-state index is 10.1. The molecular formula is C16H25NO2. The summed E-state index contributed by atoms with van der Waals surface area (Å²) in [6.45, 7) is 15.4. The molecule has 106 valence electrons. The first kappa shape index (κ1) is 14.6. The molecule has 0 aromatic heterocycles. The van der Waals surface area contributed by atoms with Gasteiger partial charge in [0.15, 0.2) is 0 Å². The number of aliphatic hydroxyl groups is 1. The lowest BCUT2D eigenvalue weighted by molar-refractivity contribution is 0.174. The largest absolute Gasteiger partial charge is 0.386 e. The summed E-state index contributed by atoms with van der Waals surface area (Å²) in [5.41, 5.74) is 0.924. The number of aliphatic hydroxyl groups excluding tert-OH is 1. The first-order chi connectivity index (χ1) is 8.77. The monoisotopic (exact) mass is 263 g/mol. The van der Waals surface area contributed by atoms with Crippen LogP contribution in [0, 0.1) is 12.5 Å². The highest BCUT2D eigenvalue weighted by molar-refractivity contribution is 5.15. The summed E-state index contributed by atoms with van der Waals surface area (Å²) in [7, 11) is 0. The van der Waals surface area contributed by atoms with Crippen LogP contribution in [0.4, 0.5) is 0 Å². The number of allylic oxidation sites excluding steroid dienone is 1. The fourth-order valence-corrected chi connectivity index (χ4v) is 3.07. The molecule has 0 amide bonds. The standard InChI is InChI=1S/C16H25NO2/c1-11(10-13(18)14-15(2,3)19-14)12-6-8-16(4,17-5)9-7-12/h10,12-14,18H,6-9H2,1-4H3/b11-10+. The van der Waals surface area contributed by atoms with Gasteiger partial charge in [0.1, 0.15) is 12.2 Å². The number of rotatable bonds is 3. The molecule has 3 heteroatoms. The van der Waals surface area contributed by atoms with E-state index < -0.39 is 6.10 Å². The Morgan fingerprint density at radius 3 is 2.32 bits per heavy atom. The SMILES string of the molecule is [C-]#[N+]C1(C)CCC(/C(C)=C/C(O)C2OC2(C)C)CC1. The van der Waals surface area contributed by atoms with Crippen LogP contribution >= 0.6 is 0 Å². The van der Waals surface area contributed by atoms with Gasteiger partial charge in [-0.15, -0.1) is 0 Å². The number of nitrogens with zero attached hydrogens (tertiary/aromatic N) is 1. The molecule has 2 fully saturated rings. The molecule has 3 nitrogen and oxygen atoms in total. The Labute approximate surface area is 116 Å². The van der Waals surface area contributed by atoms with E-state index in [2.05, 4.69) is 18.7 Å². The van der Waals surface area contributed by atoms with Gasteiger partial charge in [-0.25, -0.2) is 6.57 Å². The second-order valence-corrected chi connectivity index (χ2v) is 6.93. The third-order valence-corrected chi connectivity index (χ3v) is 4.78. The van der Waals surface area contributed by atoms with Crippen LogP contribution in [-0.2, 0) is 4.74 Å². The molecule has 0 aromatic rings. The van der Waals surface area contributed by atoms with E-state index in [9.17, 15) is 5.11 Å². The van der Waals surface area contributed by atoms with Crippen LogP contribution in [0.3, 0.4) is 0 Å². The van der Waals surface area contributed by atoms with E-state index in [0.29, 0.717) is 5.92 Å².